The van der Waals surface area contributed by atoms with Crippen molar-refractivity contribution in [2.24, 2.45) is 0 Å². The van der Waals surface area contributed by atoms with Crippen LogP contribution in [-0.4, -0.2) is 42.2 Å². The van der Waals surface area contributed by atoms with E-state index in [4.69, 9.17) is 13.9 Å². The van der Waals surface area contributed by atoms with Gasteiger partial charge in [-0.2, -0.15) is 0 Å². The second-order valence-corrected chi connectivity index (χ2v) is 5.69. The quantitative estimate of drug-likeness (QED) is 0.585. The van der Waals surface area contributed by atoms with Crippen LogP contribution in [0.3, 0.4) is 0 Å². The van der Waals surface area contributed by atoms with Crippen molar-refractivity contribution in [2.45, 2.75) is 34.2 Å². The van der Waals surface area contributed by atoms with Crippen molar-refractivity contribution < 1.29 is 23.5 Å². The summed E-state index contributed by atoms with van der Waals surface area (Å²) >= 11 is 0. The number of aromatic nitrogens is 2. The van der Waals surface area contributed by atoms with Crippen LogP contribution in [-0.2, 0) is 16.0 Å². The van der Waals surface area contributed by atoms with E-state index in [0.717, 1.165) is 11.5 Å². The maximum atomic E-state index is 12.4. The number of hydrogen-bond donors (Lipinski definition) is 2. The summed E-state index contributed by atoms with van der Waals surface area (Å²) in [7, 11) is 1.53. The Morgan fingerprint density at radius 3 is 2.52 bits per heavy atom. The van der Waals surface area contributed by atoms with Crippen molar-refractivity contribution in [3.8, 4) is 0 Å². The Balaban J connectivity index is 2.07. The first-order valence-electron chi connectivity index (χ1n) is 7.91. The van der Waals surface area contributed by atoms with Gasteiger partial charge in [-0.15, -0.1) is 0 Å². The predicted octanol–water partition coefficient (Wildman–Crippen LogP) is 1.97. The zero-order chi connectivity index (χ0) is 18.6. The Hall–Kier alpha value is -2.61. The number of amides is 1. The summed E-state index contributed by atoms with van der Waals surface area (Å²) in [6.45, 7) is 7.71. The van der Waals surface area contributed by atoms with Gasteiger partial charge in [-0.25, -0.2) is 9.78 Å². The summed E-state index contributed by atoms with van der Waals surface area (Å²) in [6, 6.07) is 0. The monoisotopic (exact) mass is 349 g/mol. The molecule has 0 atom stereocenters. The fourth-order valence-corrected chi connectivity index (χ4v) is 2.43. The fraction of sp³-hybridized carbons (Fsp3) is 0.471. The van der Waals surface area contributed by atoms with E-state index < -0.39 is 5.97 Å². The average Bonchev–Trinajstić information content (AvgIpc) is 3.04. The zero-order valence-corrected chi connectivity index (χ0v) is 15.1. The van der Waals surface area contributed by atoms with Gasteiger partial charge in [0, 0.05) is 12.8 Å². The highest BCUT2D eigenvalue weighted by Gasteiger charge is 2.23. The van der Waals surface area contributed by atoms with Crippen LogP contribution in [0.4, 0.5) is 0 Å². The van der Waals surface area contributed by atoms with E-state index in [-0.39, 0.29) is 19.1 Å². The van der Waals surface area contributed by atoms with Crippen LogP contribution in [0.15, 0.2) is 4.42 Å². The second kappa shape index (κ2) is 7.98. The molecular weight excluding hydrogens is 326 g/mol. The number of aryl methyl sites for hydroxylation is 3. The van der Waals surface area contributed by atoms with Crippen LogP contribution in [0.5, 0.6) is 0 Å². The van der Waals surface area contributed by atoms with Crippen LogP contribution in [0.2, 0.25) is 0 Å². The van der Waals surface area contributed by atoms with Crippen molar-refractivity contribution >= 4 is 11.9 Å². The summed E-state index contributed by atoms with van der Waals surface area (Å²) in [6.07, 6.45) is 0. The number of carbonyl (C=O) groups is 2. The molecule has 8 heteroatoms. The first kappa shape index (κ1) is 18.7. The van der Waals surface area contributed by atoms with Gasteiger partial charge in [0.1, 0.15) is 18.1 Å². The summed E-state index contributed by atoms with van der Waals surface area (Å²) in [5, 5.41) is 2.73. The van der Waals surface area contributed by atoms with E-state index in [1.54, 1.807) is 13.8 Å². The summed E-state index contributed by atoms with van der Waals surface area (Å²) < 4.78 is 15.4. The number of esters is 1. The van der Waals surface area contributed by atoms with Crippen LogP contribution < -0.4 is 5.32 Å². The summed E-state index contributed by atoms with van der Waals surface area (Å²) in [5.41, 5.74) is 2.59. The molecule has 136 valence electrons. The Labute approximate surface area is 145 Å². The molecule has 0 saturated heterocycles. The highest BCUT2D eigenvalue weighted by Crippen LogP contribution is 2.19. The number of carbonyl (C=O) groups excluding carboxylic acids is 2. The van der Waals surface area contributed by atoms with Gasteiger partial charge in [0.05, 0.1) is 24.4 Å². The number of nitrogens with zero attached hydrogens (tertiary/aromatic N) is 1. The van der Waals surface area contributed by atoms with E-state index in [0.29, 0.717) is 35.0 Å². The Morgan fingerprint density at radius 1 is 1.20 bits per heavy atom. The minimum Gasteiger partial charge on any atom is -0.460 e. The van der Waals surface area contributed by atoms with Crippen molar-refractivity contribution in [2.75, 3.05) is 20.3 Å². The van der Waals surface area contributed by atoms with Crippen molar-refractivity contribution in [1.29, 1.82) is 0 Å². The van der Waals surface area contributed by atoms with E-state index in [2.05, 4.69) is 15.3 Å². The molecule has 8 nitrogen and oxygen atoms in total. The number of aromatic amines is 1. The molecule has 1 amide bonds. The van der Waals surface area contributed by atoms with Crippen molar-refractivity contribution in [3.05, 3.63) is 39.9 Å². The molecule has 0 fully saturated rings. The number of nitrogens with one attached hydrogen (secondary N) is 2. The molecule has 25 heavy (non-hydrogen) atoms. The van der Waals surface area contributed by atoms with Gasteiger partial charge in [-0.1, -0.05) is 0 Å². The third-order valence-electron chi connectivity index (χ3n) is 3.86. The van der Waals surface area contributed by atoms with Gasteiger partial charge in [-0.3, -0.25) is 4.79 Å². The lowest BCUT2D eigenvalue weighted by Gasteiger charge is -2.05. The molecule has 0 saturated carbocycles. The largest absolute Gasteiger partial charge is 0.460 e. The molecule has 2 aromatic rings. The smallest absolute Gasteiger partial charge is 0.340 e. The minimum atomic E-state index is -0.485. The molecule has 2 heterocycles. The van der Waals surface area contributed by atoms with E-state index in [9.17, 15) is 9.59 Å². The molecule has 0 aliphatic rings. The van der Waals surface area contributed by atoms with Gasteiger partial charge in [0.15, 0.2) is 0 Å². The molecule has 0 spiro atoms. The fourth-order valence-electron chi connectivity index (χ4n) is 2.43. The van der Waals surface area contributed by atoms with E-state index in [1.807, 2.05) is 13.8 Å². The molecule has 0 aromatic carbocycles. The maximum absolute atomic E-state index is 12.4. The topological polar surface area (TPSA) is 106 Å². The minimum absolute atomic E-state index is 0.157. The normalized spacial score (nSPS) is 10.8. The number of H-pyrrole nitrogens is 1. The third kappa shape index (κ3) is 4.27. The number of methoxy groups -OCH3 is 1. The third-order valence-corrected chi connectivity index (χ3v) is 3.86. The molecule has 0 bridgehead atoms. The summed E-state index contributed by atoms with van der Waals surface area (Å²) in [5.74, 6) is 0.326. The number of rotatable bonds is 7. The van der Waals surface area contributed by atoms with Gasteiger partial charge in [0.25, 0.3) is 5.91 Å². The lowest BCUT2D eigenvalue weighted by Crippen LogP contribution is -2.24. The first-order valence-corrected chi connectivity index (χ1v) is 7.91. The van der Waals surface area contributed by atoms with Crippen molar-refractivity contribution in [3.63, 3.8) is 0 Å². The molecule has 0 unspecified atom stereocenters. The number of hydrogen-bond acceptors (Lipinski definition) is 6. The highest BCUT2D eigenvalue weighted by molar-refractivity contribution is 6.00. The Kier molecular flexibility index (Phi) is 5.97. The standard InChI is InChI=1S/C17H23N3O5/c1-9-14(17(22)24-7-6-23-5)11(3)20-15(9)16(21)18-8-13-19-10(2)12(4)25-13/h20H,6-8H2,1-5H3,(H,18,21). The molecule has 2 aromatic heterocycles. The Bertz CT molecular complexity index is 756. The SMILES string of the molecule is COCCOC(=O)c1c(C)[nH]c(C(=O)NCc2nc(C)c(C)o2)c1C. The lowest BCUT2D eigenvalue weighted by molar-refractivity contribution is 0.0387. The Morgan fingerprint density at radius 2 is 1.92 bits per heavy atom. The van der Waals surface area contributed by atoms with E-state index >= 15 is 0 Å². The predicted molar refractivity (Wildman–Crippen MR) is 89.6 cm³/mol. The van der Waals surface area contributed by atoms with Crippen LogP contribution in [0.25, 0.3) is 0 Å². The highest BCUT2D eigenvalue weighted by atomic mass is 16.6. The maximum Gasteiger partial charge on any atom is 0.340 e. The molecule has 0 radical (unpaired) electrons. The number of ether oxygens (including phenoxy) is 2. The lowest BCUT2D eigenvalue weighted by atomic mass is 10.1. The molecular formula is C17H23N3O5. The first-order chi connectivity index (χ1) is 11.8. The molecule has 2 N–H and O–H groups in total. The second-order valence-electron chi connectivity index (χ2n) is 5.69. The van der Waals surface area contributed by atoms with Crippen LogP contribution in [0, 0.1) is 27.7 Å². The van der Waals surface area contributed by atoms with Gasteiger partial charge >= 0.3 is 5.97 Å². The average molecular weight is 349 g/mol. The van der Waals surface area contributed by atoms with Gasteiger partial charge < -0.3 is 24.2 Å². The number of oxazole rings is 1. The summed E-state index contributed by atoms with van der Waals surface area (Å²) in [4.78, 5) is 31.7. The van der Waals surface area contributed by atoms with Crippen LogP contribution in [0.1, 0.15) is 49.4 Å². The molecule has 2 rings (SSSR count). The van der Waals surface area contributed by atoms with E-state index in [1.165, 1.54) is 7.11 Å². The molecule has 0 aliphatic carbocycles. The molecule has 0 aliphatic heterocycles. The van der Waals surface area contributed by atoms with Crippen molar-refractivity contribution in [1.82, 2.24) is 15.3 Å². The van der Waals surface area contributed by atoms with Gasteiger partial charge in [-0.05, 0) is 33.3 Å². The zero-order valence-electron chi connectivity index (χ0n) is 15.1. The van der Waals surface area contributed by atoms with Gasteiger partial charge in [0.2, 0.25) is 5.89 Å². The van der Waals surface area contributed by atoms with Crippen LogP contribution >= 0.6 is 0 Å².